The number of aromatic nitrogens is 3. The van der Waals surface area contributed by atoms with Crippen LogP contribution in [0.1, 0.15) is 51.4 Å². The van der Waals surface area contributed by atoms with Gasteiger partial charge in [0.15, 0.2) is 11.2 Å². The van der Waals surface area contributed by atoms with Crippen LogP contribution in [0.2, 0.25) is 0 Å². The summed E-state index contributed by atoms with van der Waals surface area (Å²) in [6.07, 6.45) is 1.27. The maximum atomic E-state index is 15.1. The molecule has 0 radical (unpaired) electrons. The molecule has 0 saturated carbocycles. The fourth-order valence-corrected chi connectivity index (χ4v) is 5.84. The number of morpholine rings is 1. The first-order valence-corrected chi connectivity index (χ1v) is 13.7. The molecule has 2 saturated heterocycles. The van der Waals surface area contributed by atoms with Gasteiger partial charge in [-0.1, -0.05) is 6.07 Å². The van der Waals surface area contributed by atoms with Crippen molar-refractivity contribution in [2.45, 2.75) is 78.0 Å². The van der Waals surface area contributed by atoms with E-state index in [1.165, 1.54) is 0 Å². The molecule has 0 amide bonds. The van der Waals surface area contributed by atoms with Crippen molar-refractivity contribution in [3.05, 3.63) is 51.7 Å². The van der Waals surface area contributed by atoms with E-state index in [1.54, 1.807) is 12.1 Å². The molecule has 0 unspecified atom stereocenters. The van der Waals surface area contributed by atoms with Gasteiger partial charge in [0, 0.05) is 54.5 Å². The molecule has 2 aliphatic heterocycles. The van der Waals surface area contributed by atoms with Gasteiger partial charge in [0.05, 0.1) is 42.7 Å². The molecule has 39 heavy (non-hydrogen) atoms. The molecule has 2 fully saturated rings. The van der Waals surface area contributed by atoms with E-state index >= 15 is 4.39 Å². The number of aliphatic hydroxyl groups is 1. The van der Waals surface area contributed by atoms with Gasteiger partial charge >= 0.3 is 0 Å². The van der Waals surface area contributed by atoms with Crippen LogP contribution in [-0.4, -0.2) is 75.2 Å². The fraction of sp³-hybridized carbons (Fsp3) is 0.552. The van der Waals surface area contributed by atoms with E-state index < -0.39 is 11.9 Å². The highest BCUT2D eigenvalue weighted by Crippen LogP contribution is 2.29. The van der Waals surface area contributed by atoms with E-state index in [0.29, 0.717) is 30.5 Å². The summed E-state index contributed by atoms with van der Waals surface area (Å²) in [4.78, 5) is 24.4. The number of ether oxygens (including phenoxy) is 2. The lowest BCUT2D eigenvalue weighted by Crippen LogP contribution is -2.45. The number of nitrogens with one attached hydrogen (secondary N) is 1. The summed E-state index contributed by atoms with van der Waals surface area (Å²) >= 11 is 0. The molecule has 0 bridgehead atoms. The van der Waals surface area contributed by atoms with Crippen LogP contribution in [0.25, 0.3) is 22.2 Å². The third kappa shape index (κ3) is 5.70. The van der Waals surface area contributed by atoms with Crippen molar-refractivity contribution in [3.63, 3.8) is 0 Å². The summed E-state index contributed by atoms with van der Waals surface area (Å²) in [5, 5.41) is 13.9. The predicted molar refractivity (Wildman–Crippen MR) is 148 cm³/mol. The molecule has 210 valence electrons. The predicted octanol–water partition coefficient (Wildman–Crippen LogP) is 3.66. The lowest BCUT2D eigenvalue weighted by Gasteiger charge is -2.36. The summed E-state index contributed by atoms with van der Waals surface area (Å²) in [6.45, 7) is 13.2. The van der Waals surface area contributed by atoms with Crippen molar-refractivity contribution in [2.75, 3.05) is 31.6 Å². The van der Waals surface area contributed by atoms with Gasteiger partial charge in [-0.25, -0.2) is 14.4 Å². The summed E-state index contributed by atoms with van der Waals surface area (Å²) in [5.74, 6) is -0.326. The first-order chi connectivity index (χ1) is 18.6. The minimum atomic E-state index is -0.698. The van der Waals surface area contributed by atoms with E-state index in [0.717, 1.165) is 36.1 Å². The van der Waals surface area contributed by atoms with Gasteiger partial charge in [0.2, 0.25) is 5.95 Å². The second-order valence-corrected chi connectivity index (χ2v) is 11.1. The van der Waals surface area contributed by atoms with Crippen LogP contribution in [0, 0.1) is 12.7 Å². The molecule has 2 aromatic heterocycles. The molecular formula is C29H38FN5O4. The van der Waals surface area contributed by atoms with Gasteiger partial charge in [-0.15, -0.1) is 0 Å². The Balaban J connectivity index is 1.57. The Morgan fingerprint density at radius 3 is 2.67 bits per heavy atom. The number of halogens is 1. The molecule has 4 heterocycles. The molecule has 2 N–H and O–H groups in total. The second kappa shape index (κ2) is 11.3. The Bertz CT molecular complexity index is 1400. The molecule has 3 aromatic rings. The minimum Gasteiger partial charge on any atom is -0.389 e. The van der Waals surface area contributed by atoms with Crippen LogP contribution in [0.15, 0.2) is 29.2 Å². The molecule has 0 aliphatic carbocycles. The van der Waals surface area contributed by atoms with E-state index in [-0.39, 0.29) is 48.0 Å². The van der Waals surface area contributed by atoms with Gasteiger partial charge in [-0.05, 0) is 53.2 Å². The molecule has 5 rings (SSSR count). The number of hydrogen-bond acceptors (Lipinski definition) is 8. The van der Waals surface area contributed by atoms with Crippen LogP contribution in [0.4, 0.5) is 10.3 Å². The van der Waals surface area contributed by atoms with E-state index in [9.17, 15) is 9.90 Å². The van der Waals surface area contributed by atoms with Crippen molar-refractivity contribution in [2.24, 2.45) is 0 Å². The Morgan fingerprint density at radius 2 is 1.97 bits per heavy atom. The highest BCUT2D eigenvalue weighted by molar-refractivity contribution is 5.85. The number of anilines is 1. The van der Waals surface area contributed by atoms with Gasteiger partial charge in [-0.2, -0.15) is 0 Å². The summed E-state index contributed by atoms with van der Waals surface area (Å²) in [5.41, 5.74) is 3.10. The van der Waals surface area contributed by atoms with Gasteiger partial charge in [-0.3, -0.25) is 9.69 Å². The third-order valence-electron chi connectivity index (χ3n) is 7.61. The topological polar surface area (TPSA) is 102 Å². The van der Waals surface area contributed by atoms with Crippen molar-refractivity contribution in [1.82, 2.24) is 19.4 Å². The Morgan fingerprint density at radius 1 is 1.23 bits per heavy atom. The quantitative estimate of drug-likeness (QED) is 0.490. The standard InChI is InChI=1S/C29H38FN5O4/c1-16(2)35-24-10-20(27-22(30)11-31-29(33-27)32-23-8-9-38-15-26(23)36)6-7-21(24)28(37)19(5)25(35)14-34-12-17(3)39-18(4)13-34/h6-7,10-11,16-18,23,26,36H,8-9,12-15H2,1-5H3,(H,31,32,33)/t17-,18-,23+,26+/m0/s1. The lowest BCUT2D eigenvalue weighted by atomic mass is 10.0. The van der Waals surface area contributed by atoms with Crippen molar-refractivity contribution in [1.29, 1.82) is 0 Å². The molecular weight excluding hydrogens is 501 g/mol. The Hall–Kier alpha value is -2.92. The van der Waals surface area contributed by atoms with Crippen LogP contribution in [0.3, 0.4) is 0 Å². The van der Waals surface area contributed by atoms with Crippen LogP contribution >= 0.6 is 0 Å². The highest BCUT2D eigenvalue weighted by Gasteiger charge is 2.27. The number of hydrogen-bond donors (Lipinski definition) is 2. The number of benzene rings is 1. The Labute approximate surface area is 228 Å². The number of aliphatic hydroxyl groups excluding tert-OH is 1. The zero-order chi connectivity index (χ0) is 27.8. The number of fused-ring (bicyclic) bond motifs is 1. The minimum absolute atomic E-state index is 0.0168. The van der Waals surface area contributed by atoms with Gasteiger partial charge in [0.25, 0.3) is 0 Å². The first-order valence-electron chi connectivity index (χ1n) is 13.7. The number of nitrogens with zero attached hydrogens (tertiary/aromatic N) is 4. The normalized spacial score (nSPS) is 24.4. The van der Waals surface area contributed by atoms with Crippen molar-refractivity contribution >= 4 is 16.9 Å². The van der Waals surface area contributed by atoms with Gasteiger partial charge in [0.1, 0.15) is 5.69 Å². The SMILES string of the molecule is Cc1c(CN2C[C@H](C)O[C@@H](C)C2)n(C(C)C)c2cc(-c3nc(N[C@@H]4CCOC[C@H]4O)ncc3F)ccc2c1=O. The molecule has 9 nitrogen and oxygen atoms in total. The monoisotopic (exact) mass is 539 g/mol. The number of pyridine rings is 1. The zero-order valence-electron chi connectivity index (χ0n) is 23.3. The molecule has 1 aromatic carbocycles. The van der Waals surface area contributed by atoms with Crippen LogP contribution < -0.4 is 10.7 Å². The lowest BCUT2D eigenvalue weighted by molar-refractivity contribution is -0.0710. The van der Waals surface area contributed by atoms with Gasteiger partial charge < -0.3 is 24.5 Å². The summed E-state index contributed by atoms with van der Waals surface area (Å²) in [7, 11) is 0. The zero-order valence-corrected chi connectivity index (χ0v) is 23.3. The maximum Gasteiger partial charge on any atom is 0.223 e. The van der Waals surface area contributed by atoms with Crippen molar-refractivity contribution < 1.29 is 19.0 Å². The summed E-state index contributed by atoms with van der Waals surface area (Å²) < 4.78 is 28.5. The van der Waals surface area contributed by atoms with Crippen LogP contribution in [0.5, 0.6) is 0 Å². The molecule has 0 spiro atoms. The first kappa shape index (κ1) is 27.6. The second-order valence-electron chi connectivity index (χ2n) is 11.1. The van der Waals surface area contributed by atoms with E-state index in [4.69, 9.17) is 9.47 Å². The third-order valence-corrected chi connectivity index (χ3v) is 7.61. The molecule has 4 atom stereocenters. The number of rotatable bonds is 6. The molecule has 10 heteroatoms. The van der Waals surface area contributed by atoms with Crippen molar-refractivity contribution in [3.8, 4) is 11.3 Å². The fourth-order valence-electron chi connectivity index (χ4n) is 5.84. The average molecular weight is 540 g/mol. The van der Waals surface area contributed by atoms with E-state index in [1.807, 2.05) is 13.0 Å². The highest BCUT2D eigenvalue weighted by atomic mass is 19.1. The maximum absolute atomic E-state index is 15.1. The molecule has 2 aliphatic rings. The average Bonchev–Trinajstić information content (AvgIpc) is 2.88. The Kier molecular flexibility index (Phi) is 8.00. The largest absolute Gasteiger partial charge is 0.389 e. The summed E-state index contributed by atoms with van der Waals surface area (Å²) in [6, 6.07) is 5.13. The smallest absolute Gasteiger partial charge is 0.223 e. The van der Waals surface area contributed by atoms with E-state index in [2.05, 4.69) is 52.4 Å². The van der Waals surface area contributed by atoms with Crippen LogP contribution in [-0.2, 0) is 16.0 Å².